The molecule has 1 aromatic carbocycles. The van der Waals surface area contributed by atoms with Gasteiger partial charge in [-0.15, -0.1) is 0 Å². The van der Waals surface area contributed by atoms with Crippen molar-refractivity contribution in [3.8, 4) is 0 Å². The lowest BCUT2D eigenvalue weighted by molar-refractivity contribution is 1.02. The van der Waals surface area contributed by atoms with Crippen LogP contribution in [-0.4, -0.2) is 0 Å². The van der Waals surface area contributed by atoms with Gasteiger partial charge in [0.15, 0.2) is 0 Å². The van der Waals surface area contributed by atoms with Crippen LogP contribution < -0.4 is 0 Å². The summed E-state index contributed by atoms with van der Waals surface area (Å²) in [6.45, 7) is 2.13. The minimum Gasteiger partial charge on any atom is -0.0374 e. The van der Waals surface area contributed by atoms with Crippen molar-refractivity contribution in [2.75, 3.05) is 0 Å². The van der Waals surface area contributed by atoms with Crippen molar-refractivity contribution in [3.05, 3.63) is 41.8 Å². The maximum Gasteiger partial charge on any atom is 0.130 e. The number of hydrogen-bond acceptors (Lipinski definition) is 0. The number of benzene rings is 1. The first kappa shape index (κ1) is 6.78. The van der Waals surface area contributed by atoms with Gasteiger partial charge in [-0.05, 0) is 37.5 Å². The highest BCUT2D eigenvalue weighted by Crippen LogP contribution is 2.34. The summed E-state index contributed by atoms with van der Waals surface area (Å²) < 4.78 is 0. The molecule has 1 saturated carbocycles. The maximum atomic E-state index is 2.37. The molecule has 0 amide bonds. The third-order valence-corrected chi connectivity index (χ3v) is 2.13. The normalized spacial score (nSPS) is 16.5. The summed E-state index contributed by atoms with van der Waals surface area (Å²) in [5.41, 5.74) is 2.73. The molecule has 0 nitrogen and oxygen atoms in total. The van der Waals surface area contributed by atoms with Crippen molar-refractivity contribution in [2.24, 2.45) is 5.92 Å². The molecule has 1 aliphatic carbocycles. The lowest BCUT2D eigenvalue weighted by atomic mass is 10.1. The van der Waals surface area contributed by atoms with Crippen LogP contribution >= 0.6 is 0 Å². The Balaban J connectivity index is 2.06. The first-order valence-electron chi connectivity index (χ1n) is 4.26. The van der Waals surface area contributed by atoms with Crippen LogP contribution in [0.1, 0.15) is 24.0 Å². The quantitative estimate of drug-likeness (QED) is 0.561. The first-order valence-corrected chi connectivity index (χ1v) is 4.26. The average Bonchev–Trinajstić information content (AvgIpc) is 2.78. The molecule has 56 valence electrons. The maximum absolute atomic E-state index is 2.37. The van der Waals surface area contributed by atoms with Crippen molar-refractivity contribution in [1.82, 2.24) is 0 Å². The van der Waals surface area contributed by atoms with Gasteiger partial charge in [-0.2, -0.15) is 0 Å². The van der Waals surface area contributed by atoms with Crippen molar-refractivity contribution >= 4 is 0 Å². The van der Waals surface area contributed by atoms with E-state index in [0.717, 1.165) is 5.92 Å². The zero-order valence-electron chi connectivity index (χ0n) is 6.88. The highest BCUT2D eigenvalue weighted by molar-refractivity contribution is 5.28. The minimum absolute atomic E-state index is 0.887. The Morgan fingerprint density at radius 1 is 1.18 bits per heavy atom. The van der Waals surface area contributed by atoms with Crippen LogP contribution in [0.25, 0.3) is 0 Å². The van der Waals surface area contributed by atoms with Crippen LogP contribution in [0.2, 0.25) is 0 Å². The van der Waals surface area contributed by atoms with E-state index in [2.05, 4.69) is 37.6 Å². The predicted octanol–water partition coefficient (Wildman–Crippen LogP) is 2.96. The molecule has 1 fully saturated rings. The summed E-state index contributed by atoms with van der Waals surface area (Å²) >= 11 is 0. The van der Waals surface area contributed by atoms with E-state index < -0.39 is 0 Å². The molecule has 11 heavy (non-hydrogen) atoms. The standard InChI is InChI=1S/C11H13/c1-9-2-4-10(5-3-9)8-11-6-7-11/h2-5,8,11H,6-7H2,1H3/q+1. The van der Waals surface area contributed by atoms with Gasteiger partial charge in [-0.1, -0.05) is 0 Å². The van der Waals surface area contributed by atoms with Crippen LogP contribution in [-0.2, 0) is 0 Å². The molecule has 0 unspecified atom stereocenters. The second kappa shape index (κ2) is 2.61. The molecule has 0 spiro atoms. The summed E-state index contributed by atoms with van der Waals surface area (Å²) in [5, 5.41) is 0. The molecule has 0 radical (unpaired) electrons. The third-order valence-electron chi connectivity index (χ3n) is 2.13. The van der Waals surface area contributed by atoms with E-state index in [4.69, 9.17) is 0 Å². The Bertz CT molecular complexity index is 229. The smallest absolute Gasteiger partial charge is 0.0374 e. The molecule has 0 heteroatoms. The SMILES string of the molecule is Cc1ccc([CH+]C2CC2)cc1. The second-order valence-electron chi connectivity index (χ2n) is 3.41. The van der Waals surface area contributed by atoms with Gasteiger partial charge >= 0.3 is 0 Å². The van der Waals surface area contributed by atoms with Crippen molar-refractivity contribution in [2.45, 2.75) is 19.8 Å². The average molecular weight is 145 g/mol. The van der Waals surface area contributed by atoms with E-state index in [9.17, 15) is 0 Å². The molecule has 0 saturated heterocycles. The summed E-state index contributed by atoms with van der Waals surface area (Å²) in [4.78, 5) is 0. The van der Waals surface area contributed by atoms with Gasteiger partial charge in [0, 0.05) is 24.5 Å². The van der Waals surface area contributed by atoms with E-state index in [1.165, 1.54) is 24.0 Å². The first-order chi connectivity index (χ1) is 5.34. The van der Waals surface area contributed by atoms with Gasteiger partial charge in [0.1, 0.15) is 5.56 Å². The molecule has 0 atom stereocenters. The zero-order valence-corrected chi connectivity index (χ0v) is 6.88. The largest absolute Gasteiger partial charge is 0.130 e. The van der Waals surface area contributed by atoms with Gasteiger partial charge in [0.2, 0.25) is 0 Å². The lowest BCUT2D eigenvalue weighted by Crippen LogP contribution is -1.82. The van der Waals surface area contributed by atoms with Crippen molar-refractivity contribution < 1.29 is 0 Å². The lowest BCUT2D eigenvalue weighted by Gasteiger charge is -1.89. The van der Waals surface area contributed by atoms with E-state index in [-0.39, 0.29) is 0 Å². The number of aryl methyl sites for hydroxylation is 1. The fourth-order valence-electron chi connectivity index (χ4n) is 1.21. The summed E-state index contributed by atoms with van der Waals surface area (Å²) in [6.07, 6.45) is 5.17. The van der Waals surface area contributed by atoms with Crippen LogP contribution in [0, 0.1) is 19.3 Å². The number of rotatable bonds is 2. The molecule has 0 N–H and O–H groups in total. The second-order valence-corrected chi connectivity index (χ2v) is 3.41. The monoisotopic (exact) mass is 145 g/mol. The van der Waals surface area contributed by atoms with Crippen LogP contribution in [0.3, 0.4) is 0 Å². The Morgan fingerprint density at radius 3 is 2.36 bits per heavy atom. The minimum atomic E-state index is 0.887. The fraction of sp³-hybridized carbons (Fsp3) is 0.364. The molecule has 1 aliphatic rings. The van der Waals surface area contributed by atoms with Crippen LogP contribution in [0.4, 0.5) is 0 Å². The third kappa shape index (κ3) is 1.76. The Hall–Kier alpha value is -0.910. The van der Waals surface area contributed by atoms with Crippen LogP contribution in [0.15, 0.2) is 24.3 Å². The van der Waals surface area contributed by atoms with E-state index in [1.54, 1.807) is 0 Å². The van der Waals surface area contributed by atoms with E-state index in [0.29, 0.717) is 0 Å². The molecule has 2 rings (SSSR count). The van der Waals surface area contributed by atoms with E-state index in [1.807, 2.05) is 0 Å². The van der Waals surface area contributed by atoms with E-state index >= 15 is 0 Å². The van der Waals surface area contributed by atoms with Gasteiger partial charge in [-0.25, -0.2) is 0 Å². The molecule has 0 heterocycles. The van der Waals surface area contributed by atoms with Crippen LogP contribution in [0.5, 0.6) is 0 Å². The van der Waals surface area contributed by atoms with Gasteiger partial charge in [-0.3, -0.25) is 0 Å². The van der Waals surface area contributed by atoms with Crippen molar-refractivity contribution in [1.29, 1.82) is 0 Å². The fourth-order valence-corrected chi connectivity index (χ4v) is 1.21. The highest BCUT2D eigenvalue weighted by atomic mass is 14.3. The van der Waals surface area contributed by atoms with Gasteiger partial charge in [0.05, 0.1) is 0 Å². The Labute approximate surface area is 68.3 Å². The zero-order chi connectivity index (χ0) is 7.68. The molecule has 0 aliphatic heterocycles. The molecule has 0 bridgehead atoms. The summed E-state index contributed by atoms with van der Waals surface area (Å²) in [5.74, 6) is 0.887. The van der Waals surface area contributed by atoms with Crippen molar-refractivity contribution in [3.63, 3.8) is 0 Å². The number of hydrogen-bond donors (Lipinski definition) is 0. The summed E-state index contributed by atoms with van der Waals surface area (Å²) in [7, 11) is 0. The topological polar surface area (TPSA) is 0 Å². The molecule has 1 aromatic rings. The molecule has 0 aromatic heterocycles. The Morgan fingerprint density at radius 2 is 1.82 bits per heavy atom. The Kier molecular flexibility index (Phi) is 1.61. The summed E-state index contributed by atoms with van der Waals surface area (Å²) in [6, 6.07) is 8.75. The van der Waals surface area contributed by atoms with Gasteiger partial charge < -0.3 is 0 Å². The highest BCUT2D eigenvalue weighted by Gasteiger charge is 2.25. The predicted molar refractivity (Wildman–Crippen MR) is 47.3 cm³/mol. The van der Waals surface area contributed by atoms with Gasteiger partial charge in [0.25, 0.3) is 0 Å². The molecular weight excluding hydrogens is 132 g/mol. The molecular formula is C11H13+.